The number of hydrogen-bond acceptors (Lipinski definition) is 3. The van der Waals surface area contributed by atoms with Gasteiger partial charge in [-0.25, -0.2) is 9.97 Å². The third kappa shape index (κ3) is 2.28. The van der Waals surface area contributed by atoms with E-state index >= 15 is 0 Å². The van der Waals surface area contributed by atoms with Gasteiger partial charge in [-0.15, -0.1) is 0 Å². The molecule has 1 aromatic carbocycles. The summed E-state index contributed by atoms with van der Waals surface area (Å²) < 4.78 is 41.2. The number of H-pyrrole nitrogens is 1. The van der Waals surface area contributed by atoms with E-state index in [0.717, 1.165) is 47.7 Å². The van der Waals surface area contributed by atoms with E-state index in [9.17, 15) is 13.2 Å². The van der Waals surface area contributed by atoms with Crippen LogP contribution in [0.4, 0.5) is 13.2 Å². The van der Waals surface area contributed by atoms with E-state index < -0.39 is 11.9 Å². The van der Waals surface area contributed by atoms with Gasteiger partial charge in [0.1, 0.15) is 17.0 Å². The van der Waals surface area contributed by atoms with Gasteiger partial charge < -0.3 is 0 Å². The Balaban J connectivity index is 1.79. The van der Waals surface area contributed by atoms with Crippen LogP contribution >= 0.6 is 0 Å². The summed E-state index contributed by atoms with van der Waals surface area (Å²) in [7, 11) is 0. The number of aromatic nitrogens is 5. The molecule has 1 aliphatic rings. The number of pyridine rings is 1. The molecule has 26 heavy (non-hydrogen) atoms. The predicted molar refractivity (Wildman–Crippen MR) is 90.1 cm³/mol. The Hall–Kier alpha value is -2.90. The molecule has 0 radical (unpaired) electrons. The maximum absolute atomic E-state index is 13.2. The Bertz CT molecular complexity index is 1120. The van der Waals surface area contributed by atoms with Gasteiger partial charge in [-0.05, 0) is 43.2 Å². The minimum Gasteiger partial charge on any atom is -0.280 e. The standard InChI is InChI=1S/C18H14F3N5/c19-18(20,21)15-7-6-14-17(24-15)26(16(23-14)10-2-1-3-10)12-4-5-13-11(8-12)9-22-25-13/h4-10H,1-3H2,(H,22,25). The molecule has 1 saturated carbocycles. The largest absolute Gasteiger partial charge is 0.433 e. The molecule has 3 heterocycles. The number of benzene rings is 1. The summed E-state index contributed by atoms with van der Waals surface area (Å²) in [6, 6.07) is 8.00. The third-order valence-corrected chi connectivity index (χ3v) is 4.97. The summed E-state index contributed by atoms with van der Waals surface area (Å²) in [5.74, 6) is 1.03. The van der Waals surface area contributed by atoms with Crippen LogP contribution in [0.2, 0.25) is 0 Å². The molecular weight excluding hydrogens is 343 g/mol. The Morgan fingerprint density at radius 3 is 2.65 bits per heavy atom. The smallest absolute Gasteiger partial charge is 0.280 e. The van der Waals surface area contributed by atoms with E-state index in [1.54, 1.807) is 10.8 Å². The zero-order valence-corrected chi connectivity index (χ0v) is 13.6. The lowest BCUT2D eigenvalue weighted by Crippen LogP contribution is -2.15. The van der Waals surface area contributed by atoms with Gasteiger partial charge in [-0.3, -0.25) is 9.67 Å². The van der Waals surface area contributed by atoms with Gasteiger partial charge in [0.25, 0.3) is 0 Å². The van der Waals surface area contributed by atoms with Crippen LogP contribution in [0, 0.1) is 0 Å². The number of nitrogens with zero attached hydrogens (tertiary/aromatic N) is 4. The van der Waals surface area contributed by atoms with Gasteiger partial charge in [0.15, 0.2) is 5.65 Å². The van der Waals surface area contributed by atoms with Gasteiger partial charge in [-0.2, -0.15) is 18.3 Å². The molecule has 8 heteroatoms. The Kier molecular flexibility index (Phi) is 3.13. The first-order chi connectivity index (χ1) is 12.5. The van der Waals surface area contributed by atoms with Gasteiger partial charge in [0, 0.05) is 17.0 Å². The highest BCUT2D eigenvalue weighted by molar-refractivity contribution is 5.82. The number of rotatable bonds is 2. The summed E-state index contributed by atoms with van der Waals surface area (Å²) in [5, 5.41) is 7.77. The fourth-order valence-electron chi connectivity index (χ4n) is 3.40. The molecule has 0 atom stereocenters. The van der Waals surface area contributed by atoms with Crippen LogP contribution in [0.15, 0.2) is 36.5 Å². The van der Waals surface area contributed by atoms with Crippen molar-refractivity contribution < 1.29 is 13.2 Å². The lowest BCUT2D eigenvalue weighted by atomic mass is 9.85. The fourth-order valence-corrected chi connectivity index (χ4v) is 3.40. The highest BCUT2D eigenvalue weighted by atomic mass is 19.4. The average Bonchev–Trinajstić information content (AvgIpc) is 3.14. The SMILES string of the molecule is FC(F)(F)c1ccc2nc(C3CCC3)n(-c3ccc4[nH]ncc4c3)c2n1. The lowest BCUT2D eigenvalue weighted by molar-refractivity contribution is -0.141. The highest BCUT2D eigenvalue weighted by Crippen LogP contribution is 2.39. The monoisotopic (exact) mass is 357 g/mol. The first kappa shape index (κ1) is 15.4. The van der Waals surface area contributed by atoms with Crippen molar-refractivity contribution >= 4 is 22.1 Å². The second-order valence-corrected chi connectivity index (χ2v) is 6.61. The second kappa shape index (κ2) is 5.30. The van der Waals surface area contributed by atoms with Crippen LogP contribution in [0.5, 0.6) is 0 Å². The zero-order valence-electron chi connectivity index (χ0n) is 13.6. The molecule has 132 valence electrons. The number of imidazole rings is 1. The maximum Gasteiger partial charge on any atom is 0.433 e. The number of aromatic amines is 1. The molecule has 1 aliphatic carbocycles. The van der Waals surface area contributed by atoms with Crippen molar-refractivity contribution in [2.24, 2.45) is 0 Å². The minimum atomic E-state index is -4.49. The van der Waals surface area contributed by atoms with Crippen molar-refractivity contribution in [1.29, 1.82) is 0 Å². The van der Waals surface area contributed by atoms with Gasteiger partial charge in [0.05, 0.1) is 11.7 Å². The molecule has 5 nitrogen and oxygen atoms in total. The summed E-state index contributed by atoms with van der Waals surface area (Å²) in [6.07, 6.45) is 0.284. The van der Waals surface area contributed by atoms with Crippen molar-refractivity contribution in [3.05, 3.63) is 48.0 Å². The highest BCUT2D eigenvalue weighted by Gasteiger charge is 2.34. The second-order valence-electron chi connectivity index (χ2n) is 6.61. The molecule has 0 spiro atoms. The maximum atomic E-state index is 13.2. The molecule has 0 unspecified atom stereocenters. The van der Waals surface area contributed by atoms with Gasteiger partial charge >= 0.3 is 6.18 Å². The molecule has 3 aromatic heterocycles. The molecule has 0 amide bonds. The average molecular weight is 357 g/mol. The topological polar surface area (TPSA) is 59.4 Å². The normalized spacial score (nSPS) is 15.7. The van der Waals surface area contributed by atoms with Crippen LogP contribution in [-0.4, -0.2) is 24.7 Å². The molecule has 5 rings (SSSR count). The molecule has 0 bridgehead atoms. The van der Waals surface area contributed by atoms with Crippen molar-refractivity contribution in [1.82, 2.24) is 24.7 Å². The van der Waals surface area contributed by atoms with Crippen LogP contribution in [-0.2, 0) is 6.18 Å². The third-order valence-electron chi connectivity index (χ3n) is 4.97. The molecule has 0 saturated heterocycles. The van der Waals surface area contributed by atoms with Crippen molar-refractivity contribution in [3.8, 4) is 5.69 Å². The summed E-state index contributed by atoms with van der Waals surface area (Å²) in [6.45, 7) is 0. The summed E-state index contributed by atoms with van der Waals surface area (Å²) in [4.78, 5) is 8.52. The van der Waals surface area contributed by atoms with Crippen molar-refractivity contribution in [2.45, 2.75) is 31.4 Å². The molecule has 0 aliphatic heterocycles. The summed E-state index contributed by atoms with van der Waals surface area (Å²) >= 11 is 0. The van der Waals surface area contributed by atoms with Gasteiger partial charge in [0.2, 0.25) is 0 Å². The zero-order chi connectivity index (χ0) is 17.9. The Morgan fingerprint density at radius 1 is 1.08 bits per heavy atom. The number of nitrogens with one attached hydrogen (secondary N) is 1. The molecule has 1 N–H and O–H groups in total. The number of hydrogen-bond donors (Lipinski definition) is 1. The van der Waals surface area contributed by atoms with Crippen LogP contribution in [0.3, 0.4) is 0 Å². The number of fused-ring (bicyclic) bond motifs is 2. The van der Waals surface area contributed by atoms with Crippen LogP contribution in [0.25, 0.3) is 27.8 Å². The van der Waals surface area contributed by atoms with E-state index in [4.69, 9.17) is 0 Å². The predicted octanol–water partition coefficient (Wildman–Crippen LogP) is 4.58. The Labute approximate surface area is 145 Å². The van der Waals surface area contributed by atoms with E-state index in [-0.39, 0.29) is 11.6 Å². The fraction of sp³-hybridized carbons (Fsp3) is 0.278. The summed E-state index contributed by atoms with van der Waals surface area (Å²) in [5.41, 5.74) is 1.43. The first-order valence-electron chi connectivity index (χ1n) is 8.41. The lowest BCUT2D eigenvalue weighted by Gasteiger charge is -2.25. The number of halogens is 3. The van der Waals surface area contributed by atoms with Crippen molar-refractivity contribution in [3.63, 3.8) is 0 Å². The number of alkyl halides is 3. The van der Waals surface area contributed by atoms with Crippen LogP contribution in [0.1, 0.15) is 36.7 Å². The Morgan fingerprint density at radius 2 is 1.92 bits per heavy atom. The van der Waals surface area contributed by atoms with E-state index in [2.05, 4.69) is 20.2 Å². The molecule has 1 fully saturated rings. The van der Waals surface area contributed by atoms with Crippen LogP contribution < -0.4 is 0 Å². The molecular formula is C18H14F3N5. The van der Waals surface area contributed by atoms with E-state index in [1.165, 1.54) is 6.07 Å². The minimum absolute atomic E-state index is 0.240. The first-order valence-corrected chi connectivity index (χ1v) is 8.41. The quantitative estimate of drug-likeness (QED) is 0.571. The van der Waals surface area contributed by atoms with Gasteiger partial charge in [-0.1, -0.05) is 6.42 Å². The van der Waals surface area contributed by atoms with E-state index in [0.29, 0.717) is 5.52 Å². The molecule has 4 aromatic rings. The van der Waals surface area contributed by atoms with Crippen molar-refractivity contribution in [2.75, 3.05) is 0 Å². The van der Waals surface area contributed by atoms with E-state index in [1.807, 2.05) is 18.2 Å².